The molecule has 0 spiro atoms. The molecular weight excluding hydrogens is 420 g/mol. The Morgan fingerprint density at radius 3 is 2.71 bits per heavy atom. The summed E-state index contributed by atoms with van der Waals surface area (Å²) in [6, 6.07) is 9.79. The van der Waals surface area contributed by atoms with Gasteiger partial charge in [0.2, 0.25) is 0 Å². The predicted octanol–water partition coefficient (Wildman–Crippen LogP) is 3.65. The van der Waals surface area contributed by atoms with Crippen molar-refractivity contribution in [3.8, 4) is 0 Å². The molecule has 0 saturated carbocycles. The zero-order valence-electron chi connectivity index (χ0n) is 16.1. The minimum Gasteiger partial charge on any atom is -0.390 e. The molecule has 3 N–H and O–H groups in total. The summed E-state index contributed by atoms with van der Waals surface area (Å²) in [4.78, 5) is 15.3. The molecule has 7 nitrogen and oxygen atoms in total. The summed E-state index contributed by atoms with van der Waals surface area (Å²) in [7, 11) is 0. The van der Waals surface area contributed by atoms with E-state index in [-0.39, 0.29) is 0 Å². The molecule has 0 fully saturated rings. The summed E-state index contributed by atoms with van der Waals surface area (Å²) in [5.41, 5.74) is 1.68. The lowest BCUT2D eigenvalue weighted by atomic mass is 10.2. The molecule has 148 valence electrons. The molecule has 0 aliphatic heterocycles. The van der Waals surface area contributed by atoms with Gasteiger partial charge in [0.1, 0.15) is 18.0 Å². The Morgan fingerprint density at radius 2 is 1.96 bits per heavy atom. The van der Waals surface area contributed by atoms with Crippen LogP contribution in [-0.2, 0) is 0 Å². The van der Waals surface area contributed by atoms with E-state index >= 15 is 0 Å². The van der Waals surface area contributed by atoms with Crippen molar-refractivity contribution in [1.82, 2.24) is 19.9 Å². The number of fused-ring (bicyclic) bond motifs is 1. The van der Waals surface area contributed by atoms with Crippen LogP contribution in [0.15, 0.2) is 47.3 Å². The Morgan fingerprint density at radius 1 is 1.14 bits per heavy atom. The van der Waals surface area contributed by atoms with Gasteiger partial charge in [0, 0.05) is 28.6 Å². The van der Waals surface area contributed by atoms with Gasteiger partial charge in [-0.25, -0.2) is 15.0 Å². The second-order valence-electron chi connectivity index (χ2n) is 6.46. The third-order valence-corrected chi connectivity index (χ3v) is 4.98. The standard InChI is InChI=1S/C20H25BrN6O/c1-3-27(4-2)12-16(28)10-22-19-9-17-18(11-23-19)24-13-25-20(17)26-15-7-5-6-14(21)8-15/h5-9,11,13,16,28H,3-4,10,12H2,1-2H3,(H,22,23)(H,24,25,26). The molecule has 3 rings (SSSR count). The smallest absolute Gasteiger partial charge is 0.141 e. The van der Waals surface area contributed by atoms with Gasteiger partial charge >= 0.3 is 0 Å². The van der Waals surface area contributed by atoms with Crippen molar-refractivity contribution in [3.63, 3.8) is 0 Å². The van der Waals surface area contributed by atoms with Gasteiger partial charge in [-0.15, -0.1) is 0 Å². The Kier molecular flexibility index (Phi) is 7.13. The van der Waals surface area contributed by atoms with Crippen molar-refractivity contribution in [3.05, 3.63) is 47.3 Å². The number of benzene rings is 1. The maximum absolute atomic E-state index is 10.3. The highest BCUT2D eigenvalue weighted by Crippen LogP contribution is 2.25. The highest BCUT2D eigenvalue weighted by molar-refractivity contribution is 9.10. The quantitative estimate of drug-likeness (QED) is 0.464. The number of nitrogens with zero attached hydrogens (tertiary/aromatic N) is 4. The molecule has 0 bridgehead atoms. The molecule has 1 unspecified atom stereocenters. The van der Waals surface area contributed by atoms with E-state index in [2.05, 4.69) is 60.3 Å². The molecule has 8 heteroatoms. The van der Waals surface area contributed by atoms with Gasteiger partial charge in [0.15, 0.2) is 0 Å². The first-order chi connectivity index (χ1) is 13.6. The highest BCUT2D eigenvalue weighted by Gasteiger charge is 2.11. The van der Waals surface area contributed by atoms with Gasteiger partial charge in [0.05, 0.1) is 17.8 Å². The number of hydrogen-bond acceptors (Lipinski definition) is 7. The van der Waals surface area contributed by atoms with Crippen LogP contribution in [0.25, 0.3) is 10.9 Å². The van der Waals surface area contributed by atoms with Crippen LogP contribution in [0.3, 0.4) is 0 Å². The van der Waals surface area contributed by atoms with E-state index in [0.717, 1.165) is 34.2 Å². The van der Waals surface area contributed by atoms with Crippen LogP contribution in [-0.4, -0.2) is 57.2 Å². The van der Waals surface area contributed by atoms with Gasteiger partial charge in [-0.1, -0.05) is 35.8 Å². The first-order valence-corrected chi connectivity index (χ1v) is 10.2. The van der Waals surface area contributed by atoms with Gasteiger partial charge in [-0.3, -0.25) is 0 Å². The largest absolute Gasteiger partial charge is 0.390 e. The fourth-order valence-electron chi connectivity index (χ4n) is 2.93. The van der Waals surface area contributed by atoms with E-state index in [1.807, 2.05) is 30.3 Å². The topological polar surface area (TPSA) is 86.2 Å². The summed E-state index contributed by atoms with van der Waals surface area (Å²) < 4.78 is 0.988. The first-order valence-electron chi connectivity index (χ1n) is 9.36. The number of nitrogens with one attached hydrogen (secondary N) is 2. The number of aliphatic hydroxyl groups is 1. The molecule has 0 amide bonds. The number of pyridine rings is 1. The molecule has 2 aromatic heterocycles. The van der Waals surface area contributed by atoms with Crippen molar-refractivity contribution < 1.29 is 5.11 Å². The minimum atomic E-state index is -0.469. The fourth-order valence-corrected chi connectivity index (χ4v) is 3.32. The van der Waals surface area contributed by atoms with Crippen molar-refractivity contribution in [2.24, 2.45) is 0 Å². The van der Waals surface area contributed by atoms with Crippen LogP contribution < -0.4 is 10.6 Å². The Labute approximate surface area is 173 Å². The van der Waals surface area contributed by atoms with Crippen molar-refractivity contribution in [1.29, 1.82) is 0 Å². The van der Waals surface area contributed by atoms with E-state index in [0.29, 0.717) is 24.7 Å². The number of aromatic nitrogens is 3. The van der Waals surface area contributed by atoms with E-state index in [1.165, 1.54) is 6.33 Å². The fraction of sp³-hybridized carbons (Fsp3) is 0.350. The molecule has 28 heavy (non-hydrogen) atoms. The maximum Gasteiger partial charge on any atom is 0.141 e. The third kappa shape index (κ3) is 5.37. The van der Waals surface area contributed by atoms with E-state index in [1.54, 1.807) is 6.20 Å². The lowest BCUT2D eigenvalue weighted by Crippen LogP contribution is -2.36. The van der Waals surface area contributed by atoms with E-state index in [4.69, 9.17) is 0 Å². The Bertz CT molecular complexity index is 918. The lowest BCUT2D eigenvalue weighted by molar-refractivity contribution is 0.128. The summed E-state index contributed by atoms with van der Waals surface area (Å²) in [5, 5.41) is 17.7. The predicted molar refractivity (Wildman–Crippen MR) is 117 cm³/mol. The average molecular weight is 445 g/mol. The van der Waals surface area contributed by atoms with Crippen LogP contribution in [0.5, 0.6) is 0 Å². The number of anilines is 3. The SMILES string of the molecule is CCN(CC)CC(O)CNc1cc2c(Nc3cccc(Br)c3)ncnc2cn1. The molecule has 0 saturated heterocycles. The normalized spacial score (nSPS) is 12.3. The van der Waals surface area contributed by atoms with E-state index in [9.17, 15) is 5.11 Å². The maximum atomic E-state index is 10.3. The highest BCUT2D eigenvalue weighted by atomic mass is 79.9. The monoisotopic (exact) mass is 444 g/mol. The number of aliphatic hydroxyl groups excluding tert-OH is 1. The molecule has 0 radical (unpaired) electrons. The lowest BCUT2D eigenvalue weighted by Gasteiger charge is -2.22. The molecule has 0 aliphatic rings. The molecule has 1 aromatic carbocycles. The van der Waals surface area contributed by atoms with Gasteiger partial charge in [-0.2, -0.15) is 0 Å². The summed E-state index contributed by atoms with van der Waals surface area (Å²) in [5.74, 6) is 1.38. The number of likely N-dealkylation sites (N-methyl/N-ethyl adjacent to an activating group) is 1. The van der Waals surface area contributed by atoms with Crippen molar-refractivity contribution in [2.75, 3.05) is 36.8 Å². The molecular formula is C20H25BrN6O. The number of rotatable bonds is 9. The molecule has 2 heterocycles. The minimum absolute atomic E-state index is 0.428. The first kappa shape index (κ1) is 20.4. The van der Waals surface area contributed by atoms with Crippen molar-refractivity contribution >= 4 is 44.2 Å². The molecule has 0 aliphatic carbocycles. The number of hydrogen-bond donors (Lipinski definition) is 3. The van der Waals surface area contributed by atoms with Gasteiger partial charge < -0.3 is 20.6 Å². The van der Waals surface area contributed by atoms with Crippen molar-refractivity contribution in [2.45, 2.75) is 20.0 Å². The second kappa shape index (κ2) is 9.77. The van der Waals surface area contributed by atoms with Crippen LogP contribution >= 0.6 is 15.9 Å². The zero-order valence-corrected chi connectivity index (χ0v) is 17.6. The summed E-state index contributed by atoms with van der Waals surface area (Å²) in [6.07, 6.45) is 2.76. The summed E-state index contributed by atoms with van der Waals surface area (Å²) in [6.45, 7) is 7.08. The van der Waals surface area contributed by atoms with Crippen LogP contribution in [0.2, 0.25) is 0 Å². The average Bonchev–Trinajstić information content (AvgIpc) is 2.71. The van der Waals surface area contributed by atoms with E-state index < -0.39 is 6.10 Å². The Balaban J connectivity index is 1.75. The van der Waals surface area contributed by atoms with Gasteiger partial charge in [-0.05, 0) is 37.4 Å². The van der Waals surface area contributed by atoms with Gasteiger partial charge in [0.25, 0.3) is 0 Å². The third-order valence-electron chi connectivity index (χ3n) is 4.49. The Hall–Kier alpha value is -2.29. The second-order valence-corrected chi connectivity index (χ2v) is 7.38. The number of halogens is 1. The van der Waals surface area contributed by atoms with Crippen LogP contribution in [0.1, 0.15) is 13.8 Å². The zero-order chi connectivity index (χ0) is 19.9. The summed E-state index contributed by atoms with van der Waals surface area (Å²) >= 11 is 3.48. The molecule has 1 atom stereocenters. The molecule has 3 aromatic rings. The van der Waals surface area contributed by atoms with Crippen LogP contribution in [0.4, 0.5) is 17.3 Å². The van der Waals surface area contributed by atoms with Crippen LogP contribution in [0, 0.1) is 0 Å².